The Morgan fingerprint density at radius 1 is 1.24 bits per heavy atom. The molecule has 108 valence electrons. The molecule has 0 unspecified atom stereocenters. The minimum atomic E-state index is 0.467. The minimum absolute atomic E-state index is 0.467. The predicted molar refractivity (Wildman–Crippen MR) is 81.2 cm³/mol. The monoisotopic (exact) mass is 301 g/mol. The van der Waals surface area contributed by atoms with Gasteiger partial charge in [0.05, 0.1) is 22.8 Å². The van der Waals surface area contributed by atoms with Crippen molar-refractivity contribution in [3.63, 3.8) is 0 Å². The molecule has 0 bridgehead atoms. The van der Waals surface area contributed by atoms with Crippen LogP contribution in [-0.2, 0) is 6.54 Å². The number of nitrogens with one attached hydrogen (secondary N) is 1. The molecule has 21 heavy (non-hydrogen) atoms. The number of hydrogen-bond donors (Lipinski definition) is 1. The van der Waals surface area contributed by atoms with Gasteiger partial charge in [0.15, 0.2) is 5.82 Å². The number of hydrogen-bond acceptors (Lipinski definition) is 7. The molecule has 3 aromatic rings. The molecule has 0 aliphatic rings. The van der Waals surface area contributed by atoms with Crippen LogP contribution in [0.1, 0.15) is 21.4 Å². The third kappa shape index (κ3) is 2.92. The van der Waals surface area contributed by atoms with E-state index in [0.29, 0.717) is 24.1 Å². The van der Waals surface area contributed by atoms with Gasteiger partial charge < -0.3 is 9.84 Å². The van der Waals surface area contributed by atoms with Gasteiger partial charge in [0.2, 0.25) is 0 Å². The zero-order chi connectivity index (χ0) is 14.8. The SMILES string of the molecule is Cc1noc(-c2cccnc2NCc2nc(C)sc2C)n1. The highest BCUT2D eigenvalue weighted by molar-refractivity contribution is 7.11. The van der Waals surface area contributed by atoms with E-state index in [0.717, 1.165) is 16.3 Å². The fourth-order valence-corrected chi connectivity index (χ4v) is 2.86. The second-order valence-electron chi connectivity index (χ2n) is 4.64. The Morgan fingerprint density at radius 2 is 2.10 bits per heavy atom. The summed E-state index contributed by atoms with van der Waals surface area (Å²) in [5.41, 5.74) is 1.83. The van der Waals surface area contributed by atoms with E-state index in [-0.39, 0.29) is 0 Å². The van der Waals surface area contributed by atoms with E-state index in [2.05, 4.69) is 32.3 Å². The Kier molecular flexibility index (Phi) is 3.66. The lowest BCUT2D eigenvalue weighted by molar-refractivity contribution is 0.425. The summed E-state index contributed by atoms with van der Waals surface area (Å²) in [6.45, 7) is 6.49. The molecule has 3 heterocycles. The van der Waals surface area contributed by atoms with Crippen molar-refractivity contribution in [1.82, 2.24) is 20.1 Å². The highest BCUT2D eigenvalue weighted by atomic mass is 32.1. The first-order chi connectivity index (χ1) is 10.1. The number of anilines is 1. The third-order valence-corrected chi connectivity index (χ3v) is 3.92. The van der Waals surface area contributed by atoms with Gasteiger partial charge in [-0.25, -0.2) is 9.97 Å². The van der Waals surface area contributed by atoms with Gasteiger partial charge >= 0.3 is 0 Å². The topological polar surface area (TPSA) is 76.7 Å². The number of aromatic nitrogens is 4. The molecule has 1 N–H and O–H groups in total. The molecule has 0 fully saturated rings. The molecule has 3 rings (SSSR count). The zero-order valence-corrected chi connectivity index (χ0v) is 12.9. The van der Waals surface area contributed by atoms with E-state index in [4.69, 9.17) is 4.52 Å². The van der Waals surface area contributed by atoms with Gasteiger partial charge in [-0.05, 0) is 32.9 Å². The Hall–Kier alpha value is -2.28. The van der Waals surface area contributed by atoms with Crippen molar-refractivity contribution >= 4 is 17.2 Å². The Labute approximate surface area is 126 Å². The molecule has 0 amide bonds. The first kappa shape index (κ1) is 13.7. The van der Waals surface area contributed by atoms with Gasteiger partial charge in [-0.1, -0.05) is 5.16 Å². The standard InChI is InChI=1S/C14H15N5OS/c1-8-12(18-10(3)21-8)7-16-13-11(5-4-6-15-13)14-17-9(2)19-20-14/h4-6H,7H2,1-3H3,(H,15,16). The molecule has 0 spiro atoms. The van der Waals surface area contributed by atoms with E-state index in [1.807, 2.05) is 19.1 Å². The van der Waals surface area contributed by atoms with Crippen LogP contribution in [0.2, 0.25) is 0 Å². The smallest absolute Gasteiger partial charge is 0.261 e. The molecule has 6 nitrogen and oxygen atoms in total. The predicted octanol–water partition coefficient (Wildman–Crippen LogP) is 3.13. The molecule has 0 saturated carbocycles. The quantitative estimate of drug-likeness (QED) is 0.798. The largest absolute Gasteiger partial charge is 0.364 e. The average Bonchev–Trinajstić information content (AvgIpc) is 3.02. The van der Waals surface area contributed by atoms with E-state index in [1.165, 1.54) is 4.88 Å². The van der Waals surface area contributed by atoms with Crippen molar-refractivity contribution in [2.75, 3.05) is 5.32 Å². The lowest BCUT2D eigenvalue weighted by Gasteiger charge is -2.07. The van der Waals surface area contributed by atoms with E-state index in [9.17, 15) is 0 Å². The van der Waals surface area contributed by atoms with Gasteiger partial charge in [-0.15, -0.1) is 11.3 Å². The van der Waals surface area contributed by atoms with E-state index >= 15 is 0 Å². The molecular weight excluding hydrogens is 286 g/mol. The van der Waals surface area contributed by atoms with Crippen molar-refractivity contribution in [1.29, 1.82) is 0 Å². The molecule has 0 atom stereocenters. The van der Waals surface area contributed by atoms with Crippen molar-refractivity contribution < 1.29 is 4.52 Å². The summed E-state index contributed by atoms with van der Waals surface area (Å²) in [5.74, 6) is 1.78. The summed E-state index contributed by atoms with van der Waals surface area (Å²) in [7, 11) is 0. The maximum Gasteiger partial charge on any atom is 0.261 e. The second kappa shape index (κ2) is 5.61. The van der Waals surface area contributed by atoms with Gasteiger partial charge in [-0.2, -0.15) is 4.98 Å². The summed E-state index contributed by atoms with van der Waals surface area (Å²) in [4.78, 5) is 14.3. The Bertz CT molecular complexity index is 764. The Morgan fingerprint density at radius 3 is 2.76 bits per heavy atom. The highest BCUT2D eigenvalue weighted by Gasteiger charge is 2.13. The molecule has 0 radical (unpaired) electrons. The van der Waals surface area contributed by atoms with Crippen LogP contribution in [0.3, 0.4) is 0 Å². The lowest BCUT2D eigenvalue weighted by Crippen LogP contribution is -2.04. The van der Waals surface area contributed by atoms with Crippen LogP contribution < -0.4 is 5.32 Å². The van der Waals surface area contributed by atoms with Crippen molar-refractivity contribution in [3.05, 3.63) is 39.7 Å². The molecular formula is C14H15N5OS. The summed E-state index contributed by atoms with van der Waals surface area (Å²) < 4.78 is 5.22. The maximum absolute atomic E-state index is 5.22. The van der Waals surface area contributed by atoms with Crippen molar-refractivity contribution in [2.24, 2.45) is 0 Å². The first-order valence-electron chi connectivity index (χ1n) is 6.56. The van der Waals surface area contributed by atoms with Crippen molar-refractivity contribution in [3.8, 4) is 11.5 Å². The van der Waals surface area contributed by atoms with Gasteiger partial charge in [0, 0.05) is 11.1 Å². The van der Waals surface area contributed by atoms with Crippen LogP contribution >= 0.6 is 11.3 Å². The Balaban J connectivity index is 1.84. The lowest BCUT2D eigenvalue weighted by atomic mass is 10.2. The molecule has 0 aliphatic carbocycles. The number of nitrogens with zero attached hydrogens (tertiary/aromatic N) is 4. The van der Waals surface area contributed by atoms with Crippen LogP contribution in [0.15, 0.2) is 22.9 Å². The number of rotatable bonds is 4. The number of pyridine rings is 1. The van der Waals surface area contributed by atoms with E-state index in [1.54, 1.807) is 24.5 Å². The van der Waals surface area contributed by atoms with Crippen LogP contribution in [0.5, 0.6) is 0 Å². The second-order valence-corrected chi connectivity index (χ2v) is 6.04. The average molecular weight is 301 g/mol. The summed E-state index contributed by atoms with van der Waals surface area (Å²) in [6.07, 6.45) is 1.73. The molecule has 7 heteroatoms. The molecule has 0 aliphatic heterocycles. The number of aryl methyl sites for hydroxylation is 3. The molecule has 0 aromatic carbocycles. The van der Waals surface area contributed by atoms with Crippen LogP contribution in [0.4, 0.5) is 5.82 Å². The van der Waals surface area contributed by atoms with Crippen molar-refractivity contribution in [2.45, 2.75) is 27.3 Å². The molecule has 0 saturated heterocycles. The van der Waals surface area contributed by atoms with Crippen LogP contribution in [0.25, 0.3) is 11.5 Å². The summed E-state index contributed by atoms with van der Waals surface area (Å²) in [5, 5.41) is 8.18. The molecule has 3 aromatic heterocycles. The fourth-order valence-electron chi connectivity index (χ4n) is 2.03. The van der Waals surface area contributed by atoms with Gasteiger partial charge in [0.25, 0.3) is 5.89 Å². The maximum atomic E-state index is 5.22. The summed E-state index contributed by atoms with van der Waals surface area (Å²) >= 11 is 1.70. The van der Waals surface area contributed by atoms with Gasteiger partial charge in [-0.3, -0.25) is 0 Å². The first-order valence-corrected chi connectivity index (χ1v) is 7.37. The fraction of sp³-hybridized carbons (Fsp3) is 0.286. The third-order valence-electron chi connectivity index (χ3n) is 2.99. The van der Waals surface area contributed by atoms with Gasteiger partial charge in [0.1, 0.15) is 5.82 Å². The highest BCUT2D eigenvalue weighted by Crippen LogP contribution is 2.25. The van der Waals surface area contributed by atoms with E-state index < -0.39 is 0 Å². The normalized spacial score (nSPS) is 10.8. The minimum Gasteiger partial charge on any atom is -0.364 e. The summed E-state index contributed by atoms with van der Waals surface area (Å²) in [6, 6.07) is 3.75. The number of thiazole rings is 1. The van der Waals surface area contributed by atoms with Crippen LogP contribution in [0, 0.1) is 20.8 Å². The van der Waals surface area contributed by atoms with Crippen LogP contribution in [-0.4, -0.2) is 20.1 Å². The zero-order valence-electron chi connectivity index (χ0n) is 12.0.